The highest BCUT2D eigenvalue weighted by atomic mass is 79.9. The van der Waals surface area contributed by atoms with Gasteiger partial charge in [-0.25, -0.2) is 4.39 Å². The molecule has 0 aliphatic heterocycles. The van der Waals surface area contributed by atoms with Crippen molar-refractivity contribution in [1.82, 2.24) is 4.90 Å². The van der Waals surface area contributed by atoms with Crippen molar-refractivity contribution in [2.75, 3.05) is 13.6 Å². The summed E-state index contributed by atoms with van der Waals surface area (Å²) in [6, 6.07) is 8.92. The number of thiophene rings is 1. The molecular formula is C14H16BrFN2S. The van der Waals surface area contributed by atoms with Gasteiger partial charge in [0.2, 0.25) is 0 Å². The Hall–Kier alpha value is -0.750. The zero-order valence-electron chi connectivity index (χ0n) is 10.6. The van der Waals surface area contributed by atoms with E-state index in [2.05, 4.69) is 26.9 Å². The summed E-state index contributed by atoms with van der Waals surface area (Å²) in [6.45, 7) is 1.22. The van der Waals surface area contributed by atoms with Crippen LogP contribution in [-0.4, -0.2) is 18.5 Å². The minimum atomic E-state index is -0.200. The zero-order chi connectivity index (χ0) is 13.8. The van der Waals surface area contributed by atoms with Gasteiger partial charge >= 0.3 is 0 Å². The summed E-state index contributed by atoms with van der Waals surface area (Å²) < 4.78 is 14.3. The average Bonchev–Trinajstić information content (AvgIpc) is 2.76. The van der Waals surface area contributed by atoms with Gasteiger partial charge < -0.3 is 5.73 Å². The smallest absolute Gasteiger partial charge is 0.123 e. The minimum Gasteiger partial charge on any atom is -0.329 e. The van der Waals surface area contributed by atoms with Crippen LogP contribution in [0.5, 0.6) is 0 Å². The molecule has 2 rings (SSSR count). The molecular weight excluding hydrogens is 327 g/mol. The van der Waals surface area contributed by atoms with E-state index in [4.69, 9.17) is 5.73 Å². The Kier molecular flexibility index (Phi) is 5.10. The lowest BCUT2D eigenvalue weighted by Crippen LogP contribution is -2.29. The Morgan fingerprint density at radius 1 is 1.42 bits per heavy atom. The number of hydrogen-bond donors (Lipinski definition) is 1. The molecule has 19 heavy (non-hydrogen) atoms. The van der Waals surface area contributed by atoms with E-state index in [0.717, 1.165) is 10.0 Å². The van der Waals surface area contributed by atoms with Crippen LogP contribution >= 0.6 is 27.3 Å². The van der Waals surface area contributed by atoms with Crippen molar-refractivity contribution < 1.29 is 4.39 Å². The molecule has 102 valence electrons. The van der Waals surface area contributed by atoms with E-state index in [1.54, 1.807) is 23.5 Å². The first-order valence-electron chi connectivity index (χ1n) is 5.99. The summed E-state index contributed by atoms with van der Waals surface area (Å²) in [4.78, 5) is 3.36. The lowest BCUT2D eigenvalue weighted by molar-refractivity contribution is 0.245. The maximum atomic E-state index is 13.2. The largest absolute Gasteiger partial charge is 0.329 e. The molecule has 5 heteroatoms. The number of nitrogens with two attached hydrogens (primary N) is 1. The number of halogens is 2. The van der Waals surface area contributed by atoms with E-state index < -0.39 is 0 Å². The van der Waals surface area contributed by atoms with Gasteiger partial charge in [-0.2, -0.15) is 0 Å². The molecule has 0 bridgehead atoms. The van der Waals surface area contributed by atoms with Crippen molar-refractivity contribution in [1.29, 1.82) is 0 Å². The van der Waals surface area contributed by atoms with E-state index in [0.29, 0.717) is 13.1 Å². The number of nitrogens with zero attached hydrogens (tertiary/aromatic N) is 1. The second-order valence-electron chi connectivity index (χ2n) is 4.46. The van der Waals surface area contributed by atoms with E-state index in [-0.39, 0.29) is 11.9 Å². The van der Waals surface area contributed by atoms with Crippen LogP contribution in [0.2, 0.25) is 0 Å². The molecule has 1 heterocycles. The third-order valence-electron chi connectivity index (χ3n) is 2.99. The first-order chi connectivity index (χ1) is 9.10. The molecule has 0 aliphatic rings. The molecule has 0 spiro atoms. The predicted octanol–water partition coefficient (Wildman–Crippen LogP) is 3.78. The van der Waals surface area contributed by atoms with Gasteiger partial charge in [-0.3, -0.25) is 4.90 Å². The topological polar surface area (TPSA) is 29.3 Å². The average molecular weight is 343 g/mol. The predicted molar refractivity (Wildman–Crippen MR) is 81.7 cm³/mol. The Labute approximate surface area is 125 Å². The fourth-order valence-corrected chi connectivity index (χ4v) is 3.67. The van der Waals surface area contributed by atoms with Crippen molar-refractivity contribution in [3.05, 3.63) is 56.4 Å². The molecule has 1 atom stereocenters. The van der Waals surface area contributed by atoms with Gasteiger partial charge in [0.15, 0.2) is 0 Å². The molecule has 1 aromatic carbocycles. The summed E-state index contributed by atoms with van der Waals surface area (Å²) in [7, 11) is 2.01. The fourth-order valence-electron chi connectivity index (χ4n) is 2.05. The normalized spacial score (nSPS) is 12.9. The van der Waals surface area contributed by atoms with Gasteiger partial charge in [0, 0.05) is 27.8 Å². The molecule has 0 amide bonds. The maximum absolute atomic E-state index is 13.2. The van der Waals surface area contributed by atoms with Gasteiger partial charge in [0.05, 0.1) is 6.04 Å². The van der Waals surface area contributed by atoms with Gasteiger partial charge in [-0.15, -0.1) is 11.3 Å². The Morgan fingerprint density at radius 3 is 2.79 bits per heavy atom. The number of hydrogen-bond acceptors (Lipinski definition) is 3. The van der Waals surface area contributed by atoms with Gasteiger partial charge in [0.25, 0.3) is 0 Å². The monoisotopic (exact) mass is 342 g/mol. The Morgan fingerprint density at radius 2 is 2.21 bits per heavy atom. The molecule has 0 saturated carbocycles. The van der Waals surface area contributed by atoms with Crippen LogP contribution in [0.4, 0.5) is 4.39 Å². The second-order valence-corrected chi connectivity index (χ2v) is 6.32. The number of likely N-dealkylation sites (N-methyl/N-ethyl adjacent to an activating group) is 1. The summed E-state index contributed by atoms with van der Waals surface area (Å²) >= 11 is 5.14. The molecule has 1 aromatic heterocycles. The first-order valence-corrected chi connectivity index (χ1v) is 7.66. The molecule has 1 unspecified atom stereocenters. The Balaban J connectivity index is 2.11. The van der Waals surface area contributed by atoms with Crippen molar-refractivity contribution in [2.45, 2.75) is 12.6 Å². The zero-order valence-corrected chi connectivity index (χ0v) is 13.0. The SMILES string of the molecule is CN(Cc1cccc(F)c1)C(CN)c1cc(Br)cs1. The van der Waals surface area contributed by atoms with E-state index in [1.807, 2.05) is 18.5 Å². The molecule has 0 radical (unpaired) electrons. The summed E-state index contributed by atoms with van der Waals surface area (Å²) in [5.41, 5.74) is 6.83. The maximum Gasteiger partial charge on any atom is 0.123 e. The van der Waals surface area contributed by atoms with Crippen molar-refractivity contribution in [3.8, 4) is 0 Å². The number of rotatable bonds is 5. The van der Waals surface area contributed by atoms with Crippen molar-refractivity contribution in [2.24, 2.45) is 5.73 Å². The summed E-state index contributed by atoms with van der Waals surface area (Å²) in [5.74, 6) is -0.200. The molecule has 2 N–H and O–H groups in total. The van der Waals surface area contributed by atoms with Crippen LogP contribution in [0.3, 0.4) is 0 Å². The van der Waals surface area contributed by atoms with Crippen LogP contribution < -0.4 is 5.73 Å². The van der Waals surface area contributed by atoms with Gasteiger partial charge in [0.1, 0.15) is 5.82 Å². The van der Waals surface area contributed by atoms with E-state index >= 15 is 0 Å². The molecule has 2 aromatic rings. The summed E-state index contributed by atoms with van der Waals surface area (Å²) in [6.07, 6.45) is 0. The Bertz CT molecular complexity index is 544. The van der Waals surface area contributed by atoms with Crippen molar-refractivity contribution in [3.63, 3.8) is 0 Å². The molecule has 0 aliphatic carbocycles. The minimum absolute atomic E-state index is 0.152. The fraction of sp³-hybridized carbons (Fsp3) is 0.286. The van der Waals surface area contributed by atoms with Crippen LogP contribution in [-0.2, 0) is 6.54 Å². The third-order valence-corrected chi connectivity index (χ3v) is 4.79. The highest BCUT2D eigenvalue weighted by Crippen LogP contribution is 2.29. The standard InChI is InChI=1S/C14H16BrFN2S/c1-18(8-10-3-2-4-12(16)5-10)13(7-17)14-6-11(15)9-19-14/h2-6,9,13H,7-8,17H2,1H3. The van der Waals surface area contributed by atoms with E-state index in [1.165, 1.54) is 10.9 Å². The lowest BCUT2D eigenvalue weighted by atomic mass is 10.1. The van der Waals surface area contributed by atoms with E-state index in [9.17, 15) is 4.39 Å². The van der Waals surface area contributed by atoms with Crippen molar-refractivity contribution >= 4 is 27.3 Å². The molecule has 2 nitrogen and oxygen atoms in total. The van der Waals surface area contributed by atoms with Gasteiger partial charge in [-0.05, 0) is 46.7 Å². The highest BCUT2D eigenvalue weighted by molar-refractivity contribution is 9.10. The molecule has 0 saturated heterocycles. The molecule has 0 fully saturated rings. The third kappa shape index (κ3) is 3.86. The van der Waals surface area contributed by atoms with Crippen LogP contribution in [0.15, 0.2) is 40.2 Å². The number of benzene rings is 1. The van der Waals surface area contributed by atoms with Gasteiger partial charge in [-0.1, -0.05) is 12.1 Å². The highest BCUT2D eigenvalue weighted by Gasteiger charge is 2.17. The first kappa shape index (κ1) is 14.7. The van der Waals surface area contributed by atoms with Crippen LogP contribution in [0, 0.1) is 5.82 Å². The van der Waals surface area contributed by atoms with Crippen LogP contribution in [0.25, 0.3) is 0 Å². The second kappa shape index (κ2) is 6.61. The quantitative estimate of drug-likeness (QED) is 0.895. The lowest BCUT2D eigenvalue weighted by Gasteiger charge is -2.26. The van der Waals surface area contributed by atoms with Crippen LogP contribution in [0.1, 0.15) is 16.5 Å². The summed E-state index contributed by atoms with van der Waals surface area (Å²) in [5, 5.41) is 2.05.